The van der Waals surface area contributed by atoms with E-state index in [0.717, 1.165) is 6.54 Å². The van der Waals surface area contributed by atoms with Crippen molar-refractivity contribution >= 4 is 9.84 Å². The molecule has 0 unspecified atom stereocenters. The average molecular weight is 161 g/mol. The third-order valence-corrected chi connectivity index (χ3v) is 2.81. The molecule has 0 aromatic heterocycles. The fourth-order valence-electron chi connectivity index (χ4n) is 0.943. The van der Waals surface area contributed by atoms with Gasteiger partial charge in [-0.1, -0.05) is 0 Å². The standard InChI is InChI=1S/C6H11NO2S/c1-7-4-3-6(5-7)10(2,8)9/h5H,3-4H2,1-2H3. The molecule has 0 fully saturated rings. The lowest BCUT2D eigenvalue weighted by Crippen LogP contribution is -2.04. The van der Waals surface area contributed by atoms with E-state index in [1.807, 2.05) is 11.9 Å². The summed E-state index contributed by atoms with van der Waals surface area (Å²) in [5.41, 5.74) is 0. The second-order valence-corrected chi connectivity index (χ2v) is 4.67. The molecule has 0 aliphatic carbocycles. The van der Waals surface area contributed by atoms with E-state index in [0.29, 0.717) is 11.3 Å². The Morgan fingerprint density at radius 2 is 2.20 bits per heavy atom. The van der Waals surface area contributed by atoms with Gasteiger partial charge in [0.25, 0.3) is 0 Å². The Bertz CT molecular complexity index is 253. The van der Waals surface area contributed by atoms with E-state index in [1.165, 1.54) is 6.26 Å². The van der Waals surface area contributed by atoms with Gasteiger partial charge in [-0.3, -0.25) is 0 Å². The lowest BCUT2D eigenvalue weighted by molar-refractivity contribution is 0.496. The summed E-state index contributed by atoms with van der Waals surface area (Å²) >= 11 is 0. The van der Waals surface area contributed by atoms with Crippen molar-refractivity contribution in [1.29, 1.82) is 0 Å². The average Bonchev–Trinajstić information content (AvgIpc) is 2.11. The van der Waals surface area contributed by atoms with E-state index >= 15 is 0 Å². The fraction of sp³-hybridized carbons (Fsp3) is 0.667. The van der Waals surface area contributed by atoms with Crippen LogP contribution in [0.15, 0.2) is 11.1 Å². The van der Waals surface area contributed by atoms with Gasteiger partial charge < -0.3 is 4.90 Å². The lowest BCUT2D eigenvalue weighted by Gasteiger charge is -2.02. The zero-order valence-corrected chi connectivity index (χ0v) is 6.98. The van der Waals surface area contributed by atoms with Gasteiger partial charge in [0.05, 0.1) is 4.91 Å². The van der Waals surface area contributed by atoms with Crippen molar-refractivity contribution in [2.45, 2.75) is 6.42 Å². The SMILES string of the molecule is CN1C=C(S(C)(=O)=O)CC1. The highest BCUT2D eigenvalue weighted by molar-refractivity contribution is 7.94. The van der Waals surface area contributed by atoms with Gasteiger partial charge in [0, 0.05) is 32.5 Å². The molecule has 4 heteroatoms. The quantitative estimate of drug-likeness (QED) is 0.551. The molecule has 0 radical (unpaired) electrons. The number of sulfone groups is 1. The van der Waals surface area contributed by atoms with E-state index < -0.39 is 9.84 Å². The molecule has 0 amide bonds. The lowest BCUT2D eigenvalue weighted by atomic mass is 10.5. The van der Waals surface area contributed by atoms with Crippen molar-refractivity contribution in [3.63, 3.8) is 0 Å². The van der Waals surface area contributed by atoms with Gasteiger partial charge in [-0.05, 0) is 0 Å². The molecule has 58 valence electrons. The highest BCUT2D eigenvalue weighted by Crippen LogP contribution is 2.16. The number of rotatable bonds is 1. The maximum absolute atomic E-state index is 10.9. The van der Waals surface area contributed by atoms with Crippen LogP contribution in [-0.4, -0.2) is 33.2 Å². The topological polar surface area (TPSA) is 37.4 Å². The molecule has 0 atom stereocenters. The van der Waals surface area contributed by atoms with E-state index in [2.05, 4.69) is 0 Å². The van der Waals surface area contributed by atoms with E-state index in [9.17, 15) is 8.42 Å². The molecule has 1 aliphatic heterocycles. The van der Waals surface area contributed by atoms with Crippen molar-refractivity contribution in [2.24, 2.45) is 0 Å². The van der Waals surface area contributed by atoms with Crippen LogP contribution in [-0.2, 0) is 9.84 Å². The van der Waals surface area contributed by atoms with Crippen LogP contribution >= 0.6 is 0 Å². The predicted octanol–water partition coefficient (Wildman–Crippen LogP) is 0.208. The molecule has 3 nitrogen and oxygen atoms in total. The highest BCUT2D eigenvalue weighted by atomic mass is 32.2. The van der Waals surface area contributed by atoms with Crippen LogP contribution in [0.4, 0.5) is 0 Å². The second-order valence-electron chi connectivity index (χ2n) is 2.60. The molecule has 0 saturated carbocycles. The molecule has 0 bridgehead atoms. The van der Waals surface area contributed by atoms with Gasteiger partial charge in [-0.25, -0.2) is 8.42 Å². The molecular formula is C6H11NO2S. The third kappa shape index (κ3) is 1.50. The Balaban J connectivity index is 2.87. The molecule has 1 rings (SSSR count). The van der Waals surface area contributed by atoms with Crippen LogP contribution in [0.1, 0.15) is 6.42 Å². The Labute approximate surface area is 61.3 Å². The zero-order chi connectivity index (χ0) is 7.78. The summed E-state index contributed by atoms with van der Waals surface area (Å²) in [6.45, 7) is 0.822. The van der Waals surface area contributed by atoms with Crippen LogP contribution in [0.25, 0.3) is 0 Å². The van der Waals surface area contributed by atoms with Crippen LogP contribution in [0.5, 0.6) is 0 Å². The van der Waals surface area contributed by atoms with Crippen LogP contribution in [0, 0.1) is 0 Å². The molecular weight excluding hydrogens is 150 g/mol. The summed E-state index contributed by atoms with van der Waals surface area (Å²) in [7, 11) is -1.04. The molecule has 0 N–H and O–H groups in total. The molecule has 1 aliphatic rings. The third-order valence-electron chi connectivity index (χ3n) is 1.55. The van der Waals surface area contributed by atoms with Gasteiger partial charge in [0.15, 0.2) is 9.84 Å². The van der Waals surface area contributed by atoms with Crippen molar-refractivity contribution in [3.8, 4) is 0 Å². The second kappa shape index (κ2) is 2.27. The summed E-state index contributed by atoms with van der Waals surface area (Å²) in [4.78, 5) is 2.44. The molecule has 0 aromatic rings. The van der Waals surface area contributed by atoms with Crippen LogP contribution in [0.2, 0.25) is 0 Å². The summed E-state index contributed by atoms with van der Waals surface area (Å²) in [5, 5.41) is 0. The van der Waals surface area contributed by atoms with E-state index in [4.69, 9.17) is 0 Å². The maximum Gasteiger partial charge on any atom is 0.173 e. The van der Waals surface area contributed by atoms with E-state index in [-0.39, 0.29) is 0 Å². The van der Waals surface area contributed by atoms with Gasteiger partial charge >= 0.3 is 0 Å². The largest absolute Gasteiger partial charge is 0.379 e. The highest BCUT2D eigenvalue weighted by Gasteiger charge is 2.17. The minimum Gasteiger partial charge on any atom is -0.379 e. The van der Waals surface area contributed by atoms with Gasteiger partial charge in [-0.15, -0.1) is 0 Å². The van der Waals surface area contributed by atoms with E-state index in [1.54, 1.807) is 6.20 Å². The summed E-state index contributed by atoms with van der Waals surface area (Å²) in [5.74, 6) is 0. The van der Waals surface area contributed by atoms with Crippen molar-refractivity contribution < 1.29 is 8.42 Å². The first-order valence-electron chi connectivity index (χ1n) is 3.11. The normalized spacial score (nSPS) is 19.4. The minimum absolute atomic E-state index is 0.551. The summed E-state index contributed by atoms with van der Waals surface area (Å²) in [6.07, 6.45) is 3.60. The monoisotopic (exact) mass is 161 g/mol. The van der Waals surface area contributed by atoms with Gasteiger partial charge in [-0.2, -0.15) is 0 Å². The van der Waals surface area contributed by atoms with Crippen molar-refractivity contribution in [2.75, 3.05) is 19.8 Å². The number of hydrogen-bond acceptors (Lipinski definition) is 3. The minimum atomic E-state index is -2.92. The van der Waals surface area contributed by atoms with Crippen molar-refractivity contribution in [1.82, 2.24) is 4.90 Å². The first-order chi connectivity index (χ1) is 4.50. The Morgan fingerprint density at radius 3 is 2.40 bits per heavy atom. The molecule has 1 heterocycles. The van der Waals surface area contributed by atoms with Gasteiger partial charge in [0.1, 0.15) is 0 Å². The number of nitrogens with zero attached hydrogens (tertiary/aromatic N) is 1. The zero-order valence-electron chi connectivity index (χ0n) is 6.16. The summed E-state index contributed by atoms with van der Waals surface area (Å²) in [6, 6.07) is 0. The van der Waals surface area contributed by atoms with Crippen molar-refractivity contribution in [3.05, 3.63) is 11.1 Å². The molecule has 10 heavy (non-hydrogen) atoms. The first kappa shape index (κ1) is 7.60. The molecule has 0 aromatic carbocycles. The first-order valence-corrected chi connectivity index (χ1v) is 5.00. The van der Waals surface area contributed by atoms with Crippen LogP contribution in [0.3, 0.4) is 0 Å². The smallest absolute Gasteiger partial charge is 0.173 e. The van der Waals surface area contributed by atoms with Gasteiger partial charge in [0.2, 0.25) is 0 Å². The molecule has 0 saturated heterocycles. The predicted molar refractivity (Wildman–Crippen MR) is 40.2 cm³/mol. The maximum atomic E-state index is 10.9. The Morgan fingerprint density at radius 1 is 1.60 bits per heavy atom. The molecule has 0 spiro atoms. The number of hydrogen-bond donors (Lipinski definition) is 0. The summed E-state index contributed by atoms with van der Waals surface area (Å²) < 4.78 is 21.8. The fourth-order valence-corrected chi connectivity index (χ4v) is 1.78. The van der Waals surface area contributed by atoms with Crippen LogP contribution < -0.4 is 0 Å². The Hall–Kier alpha value is -0.510. The Kier molecular flexibility index (Phi) is 1.72.